The summed E-state index contributed by atoms with van der Waals surface area (Å²) in [6, 6.07) is 20.4. The summed E-state index contributed by atoms with van der Waals surface area (Å²) in [6.07, 6.45) is 1.42. The number of nitro groups is 1. The number of non-ortho nitro benzene ring substituents is 1. The second kappa shape index (κ2) is 10.6. The Morgan fingerprint density at radius 1 is 1.19 bits per heavy atom. The van der Waals surface area contributed by atoms with E-state index < -0.39 is 10.8 Å². The number of halogens is 2. The predicted molar refractivity (Wildman–Crippen MR) is 125 cm³/mol. The Labute approximate surface area is 197 Å². The molecule has 0 unspecified atom stereocenters. The van der Waals surface area contributed by atoms with E-state index in [4.69, 9.17) is 16.3 Å². The van der Waals surface area contributed by atoms with Crippen LogP contribution >= 0.6 is 27.5 Å². The number of carbonyl (C=O) groups is 1. The molecule has 9 heteroatoms. The van der Waals surface area contributed by atoms with Crippen LogP contribution in [0.1, 0.15) is 11.1 Å². The first kappa shape index (κ1) is 23.0. The van der Waals surface area contributed by atoms with Crippen LogP contribution in [0.4, 0.5) is 11.4 Å². The van der Waals surface area contributed by atoms with Crippen molar-refractivity contribution in [3.63, 3.8) is 0 Å². The number of carbonyl (C=O) groups excluding carboxylic acids is 1. The molecule has 3 aromatic rings. The smallest absolute Gasteiger partial charge is 0.271 e. The van der Waals surface area contributed by atoms with E-state index in [0.29, 0.717) is 22.4 Å². The highest BCUT2D eigenvalue weighted by molar-refractivity contribution is 9.10. The maximum Gasteiger partial charge on any atom is 0.271 e. The first-order valence-electron chi connectivity index (χ1n) is 9.20. The molecule has 3 aromatic carbocycles. The second-order valence-corrected chi connectivity index (χ2v) is 7.77. The Morgan fingerprint density at radius 3 is 2.56 bits per heavy atom. The molecule has 1 amide bonds. The highest BCUT2D eigenvalue weighted by Crippen LogP contribution is 2.29. The molecule has 1 N–H and O–H groups in total. The molecule has 0 aliphatic heterocycles. The monoisotopic (exact) mass is 511 g/mol. The normalized spacial score (nSPS) is 10.8. The summed E-state index contributed by atoms with van der Waals surface area (Å²) >= 11 is 9.44. The van der Waals surface area contributed by atoms with Gasteiger partial charge in [0, 0.05) is 12.1 Å². The van der Waals surface area contributed by atoms with Crippen molar-refractivity contribution in [2.75, 3.05) is 5.32 Å². The maximum absolute atomic E-state index is 12.5. The molecule has 0 saturated carbocycles. The molecular formula is C23H15BrClN3O4. The molecule has 7 nitrogen and oxygen atoms in total. The zero-order valence-corrected chi connectivity index (χ0v) is 18.8. The van der Waals surface area contributed by atoms with Gasteiger partial charge in [-0.3, -0.25) is 14.9 Å². The molecule has 32 heavy (non-hydrogen) atoms. The number of amides is 1. The minimum absolute atomic E-state index is 0.00694. The lowest BCUT2D eigenvalue weighted by molar-refractivity contribution is -0.384. The van der Waals surface area contributed by atoms with Crippen LogP contribution in [0, 0.1) is 21.4 Å². The van der Waals surface area contributed by atoms with E-state index in [1.807, 2.05) is 36.4 Å². The van der Waals surface area contributed by atoms with Crippen LogP contribution in [0.15, 0.2) is 76.8 Å². The minimum atomic E-state index is -0.691. The Morgan fingerprint density at radius 2 is 1.94 bits per heavy atom. The minimum Gasteiger partial charge on any atom is -0.488 e. The molecule has 0 heterocycles. The lowest BCUT2D eigenvalue weighted by Gasteiger charge is -2.09. The van der Waals surface area contributed by atoms with Crippen molar-refractivity contribution in [2.24, 2.45) is 0 Å². The van der Waals surface area contributed by atoms with Crippen LogP contribution in [0.25, 0.3) is 6.08 Å². The van der Waals surface area contributed by atoms with E-state index in [-0.39, 0.29) is 22.0 Å². The topological polar surface area (TPSA) is 105 Å². The summed E-state index contributed by atoms with van der Waals surface area (Å²) in [7, 11) is 0. The summed E-state index contributed by atoms with van der Waals surface area (Å²) in [6.45, 7) is 0.399. The van der Waals surface area contributed by atoms with Crippen molar-refractivity contribution in [1.82, 2.24) is 0 Å². The van der Waals surface area contributed by atoms with Crippen LogP contribution in [0.5, 0.6) is 5.75 Å². The van der Waals surface area contributed by atoms with E-state index >= 15 is 0 Å². The van der Waals surface area contributed by atoms with E-state index in [9.17, 15) is 20.2 Å². The van der Waals surface area contributed by atoms with Crippen molar-refractivity contribution in [3.8, 4) is 11.8 Å². The summed E-state index contributed by atoms with van der Waals surface area (Å²) in [5.41, 5.74) is 1.42. The molecule has 0 aliphatic carbocycles. The van der Waals surface area contributed by atoms with Crippen LogP contribution in [0.3, 0.4) is 0 Å². The van der Waals surface area contributed by atoms with Gasteiger partial charge in [0.05, 0.1) is 20.1 Å². The van der Waals surface area contributed by atoms with Gasteiger partial charge in [-0.2, -0.15) is 5.26 Å². The van der Waals surface area contributed by atoms with Gasteiger partial charge in [0.1, 0.15) is 24.0 Å². The lowest BCUT2D eigenvalue weighted by Crippen LogP contribution is -2.13. The van der Waals surface area contributed by atoms with Gasteiger partial charge >= 0.3 is 0 Å². The van der Waals surface area contributed by atoms with Crippen LogP contribution in [0.2, 0.25) is 5.02 Å². The number of rotatable bonds is 7. The Kier molecular flexibility index (Phi) is 7.60. The number of ether oxygens (including phenoxy) is 1. The molecule has 0 saturated heterocycles. The van der Waals surface area contributed by atoms with Gasteiger partial charge in [-0.05, 0) is 51.3 Å². The molecule has 160 valence electrons. The average molecular weight is 513 g/mol. The summed E-state index contributed by atoms with van der Waals surface area (Å²) < 4.78 is 6.47. The predicted octanol–water partition coefficient (Wildman–Crippen LogP) is 6.14. The highest BCUT2D eigenvalue weighted by Gasteiger charge is 2.15. The van der Waals surface area contributed by atoms with Crippen molar-refractivity contribution in [1.29, 1.82) is 5.26 Å². The van der Waals surface area contributed by atoms with Gasteiger partial charge in [-0.1, -0.05) is 48.0 Å². The van der Waals surface area contributed by atoms with E-state index in [2.05, 4.69) is 21.2 Å². The highest BCUT2D eigenvalue weighted by atomic mass is 79.9. The number of anilines is 1. The average Bonchev–Trinajstić information content (AvgIpc) is 2.78. The number of nitrogens with one attached hydrogen (secondary N) is 1. The lowest BCUT2D eigenvalue weighted by atomic mass is 10.1. The van der Waals surface area contributed by atoms with E-state index in [1.54, 1.807) is 18.2 Å². The number of hydrogen-bond acceptors (Lipinski definition) is 5. The molecule has 3 rings (SSSR count). The van der Waals surface area contributed by atoms with Gasteiger partial charge in [0.25, 0.3) is 11.6 Å². The fourth-order valence-electron chi connectivity index (χ4n) is 2.68. The third kappa shape index (κ3) is 5.94. The summed E-state index contributed by atoms with van der Waals surface area (Å²) in [5.74, 6) is -0.0737. The zero-order chi connectivity index (χ0) is 23.1. The SMILES string of the molecule is N#CC(=Cc1ccc(OCc2ccccc2)c(Br)c1)C(=O)Nc1ccc([N+](=O)[O-])cc1Cl. The molecule has 0 spiro atoms. The van der Waals surface area contributed by atoms with Gasteiger partial charge < -0.3 is 10.1 Å². The van der Waals surface area contributed by atoms with Crippen LogP contribution < -0.4 is 10.1 Å². The third-order valence-electron chi connectivity index (χ3n) is 4.28. The van der Waals surface area contributed by atoms with E-state index in [0.717, 1.165) is 11.6 Å². The van der Waals surface area contributed by atoms with Crippen LogP contribution in [-0.4, -0.2) is 10.8 Å². The molecule has 0 bridgehead atoms. The molecule has 0 atom stereocenters. The fourth-order valence-corrected chi connectivity index (χ4v) is 3.42. The first-order chi connectivity index (χ1) is 15.4. The Bertz CT molecular complexity index is 1240. The van der Waals surface area contributed by atoms with Crippen molar-refractivity contribution < 1.29 is 14.5 Å². The quantitative estimate of drug-likeness (QED) is 0.177. The van der Waals surface area contributed by atoms with Gasteiger partial charge in [0.2, 0.25) is 0 Å². The zero-order valence-electron chi connectivity index (χ0n) is 16.4. The van der Waals surface area contributed by atoms with Crippen molar-refractivity contribution in [2.45, 2.75) is 6.61 Å². The Hall–Kier alpha value is -3.67. The number of nitriles is 1. The molecule has 0 radical (unpaired) electrons. The Balaban J connectivity index is 1.72. The fraction of sp³-hybridized carbons (Fsp3) is 0.0435. The van der Waals surface area contributed by atoms with Crippen LogP contribution in [-0.2, 0) is 11.4 Å². The first-order valence-corrected chi connectivity index (χ1v) is 10.4. The third-order valence-corrected chi connectivity index (χ3v) is 5.21. The van der Waals surface area contributed by atoms with Gasteiger partial charge in [0.15, 0.2) is 0 Å². The number of nitro benzene ring substituents is 1. The molecule has 0 aromatic heterocycles. The molecule has 0 fully saturated rings. The number of hydrogen-bond donors (Lipinski definition) is 1. The summed E-state index contributed by atoms with van der Waals surface area (Å²) in [5, 5.41) is 22.7. The number of benzene rings is 3. The maximum atomic E-state index is 12.5. The van der Waals surface area contributed by atoms with Gasteiger partial charge in [-0.25, -0.2) is 0 Å². The molecule has 0 aliphatic rings. The standard InChI is InChI=1S/C23H15BrClN3O4/c24-19-11-16(6-9-22(19)32-14-15-4-2-1-3-5-15)10-17(13-26)23(29)27-21-8-7-18(28(30)31)12-20(21)25/h1-12H,14H2,(H,27,29). The molecular weight excluding hydrogens is 498 g/mol. The van der Waals surface area contributed by atoms with E-state index in [1.165, 1.54) is 18.2 Å². The van der Waals surface area contributed by atoms with Gasteiger partial charge in [-0.15, -0.1) is 0 Å². The number of nitrogens with zero attached hydrogens (tertiary/aromatic N) is 2. The summed E-state index contributed by atoms with van der Waals surface area (Å²) in [4.78, 5) is 22.7. The largest absolute Gasteiger partial charge is 0.488 e. The van der Waals surface area contributed by atoms with Crippen molar-refractivity contribution >= 4 is 50.9 Å². The second-order valence-electron chi connectivity index (χ2n) is 6.51. The van der Waals surface area contributed by atoms with Crippen molar-refractivity contribution in [3.05, 3.63) is 103 Å².